The van der Waals surface area contributed by atoms with Crippen LogP contribution in [0.1, 0.15) is 6.42 Å². The molecule has 1 N–H and O–H groups in total. The molecule has 0 bridgehead atoms. The lowest BCUT2D eigenvalue weighted by atomic mass is 10.3. The zero-order valence-electron chi connectivity index (χ0n) is 8.07. The van der Waals surface area contributed by atoms with Gasteiger partial charge in [0.05, 0.1) is 48.3 Å². The third-order valence-corrected chi connectivity index (χ3v) is 1.51. The van der Waals surface area contributed by atoms with Gasteiger partial charge in [-0.3, -0.25) is 0 Å². The van der Waals surface area contributed by atoms with E-state index in [4.69, 9.17) is 0 Å². The highest BCUT2D eigenvalue weighted by atomic mass is 15.3. The highest BCUT2D eigenvalue weighted by molar-refractivity contribution is 4.29. The van der Waals surface area contributed by atoms with Crippen LogP contribution in [-0.2, 0) is 0 Å². The average Bonchev–Trinajstić information content (AvgIpc) is 1.59. The molecule has 0 aliphatic rings. The predicted molar refractivity (Wildman–Crippen MR) is 45.2 cm³/mol. The molecule has 10 heavy (non-hydrogen) atoms. The van der Waals surface area contributed by atoms with Crippen molar-refractivity contribution in [2.45, 2.75) is 6.42 Å². The molecule has 0 spiro atoms. The molecule has 0 radical (unpaired) electrons. The van der Waals surface area contributed by atoms with Gasteiger partial charge in [-0.05, 0) is 0 Å². The molecule has 0 fully saturated rings. The van der Waals surface area contributed by atoms with Gasteiger partial charge in [-0.15, -0.1) is 0 Å². The minimum Gasteiger partial charge on any atom is -0.340 e. The van der Waals surface area contributed by atoms with E-state index >= 15 is 0 Å². The molecule has 0 saturated carbocycles. The maximum absolute atomic E-state index is 2.24. The summed E-state index contributed by atoms with van der Waals surface area (Å²) in [5.41, 5.74) is 0. The van der Waals surface area contributed by atoms with E-state index in [1.165, 1.54) is 19.5 Å². The molecule has 0 unspecified atom stereocenters. The highest BCUT2D eigenvalue weighted by Crippen LogP contribution is 1.90. The Morgan fingerprint density at radius 3 is 1.90 bits per heavy atom. The Morgan fingerprint density at radius 2 is 1.60 bits per heavy atom. The van der Waals surface area contributed by atoms with Gasteiger partial charge >= 0.3 is 0 Å². The predicted octanol–water partition coefficient (Wildman–Crippen LogP) is -0.773. The molecule has 0 saturated heterocycles. The molecule has 0 aromatic rings. The number of nitrogens with one attached hydrogen (secondary N) is 1. The normalized spacial score (nSPS) is 12.6. The SMILES string of the molecule is C[NH+](C)CCC[N+](C)(C)C. The minimum absolute atomic E-state index is 1.09. The fourth-order valence-electron chi connectivity index (χ4n) is 0.907. The van der Waals surface area contributed by atoms with Crippen LogP contribution >= 0.6 is 0 Å². The monoisotopic (exact) mass is 146 g/mol. The van der Waals surface area contributed by atoms with E-state index in [0.29, 0.717) is 0 Å². The van der Waals surface area contributed by atoms with E-state index < -0.39 is 0 Å². The van der Waals surface area contributed by atoms with Crippen molar-refractivity contribution in [1.82, 2.24) is 0 Å². The number of hydrogen-bond donors (Lipinski definition) is 1. The second kappa shape index (κ2) is 3.94. The van der Waals surface area contributed by atoms with Gasteiger partial charge in [0.25, 0.3) is 0 Å². The lowest BCUT2D eigenvalue weighted by Crippen LogP contribution is -3.05. The van der Waals surface area contributed by atoms with Gasteiger partial charge in [0.2, 0.25) is 0 Å². The number of hydrogen-bond acceptors (Lipinski definition) is 0. The van der Waals surface area contributed by atoms with Crippen LogP contribution in [0.15, 0.2) is 0 Å². The first-order valence-corrected chi connectivity index (χ1v) is 4.01. The van der Waals surface area contributed by atoms with Crippen molar-refractivity contribution < 1.29 is 9.38 Å². The quantitative estimate of drug-likeness (QED) is 0.497. The molecule has 0 aromatic carbocycles. The van der Waals surface area contributed by atoms with Gasteiger partial charge in [0.1, 0.15) is 0 Å². The molecular formula is C8H22N2+2. The van der Waals surface area contributed by atoms with Crippen molar-refractivity contribution in [3.8, 4) is 0 Å². The Balaban J connectivity index is 3.21. The van der Waals surface area contributed by atoms with Crippen LogP contribution in [-0.4, -0.2) is 52.8 Å². The average molecular weight is 146 g/mol. The fraction of sp³-hybridized carbons (Fsp3) is 1.00. The maximum atomic E-state index is 2.24. The summed E-state index contributed by atoms with van der Waals surface area (Å²) in [5, 5.41) is 0. The molecule has 0 atom stereocenters. The van der Waals surface area contributed by atoms with E-state index in [1.54, 1.807) is 4.90 Å². The summed E-state index contributed by atoms with van der Waals surface area (Å²) in [7, 11) is 11.1. The van der Waals surface area contributed by atoms with Crippen molar-refractivity contribution in [1.29, 1.82) is 0 Å². The summed E-state index contributed by atoms with van der Waals surface area (Å²) < 4.78 is 1.09. The maximum Gasteiger partial charge on any atom is 0.0834 e. The van der Waals surface area contributed by atoms with Crippen molar-refractivity contribution in [3.05, 3.63) is 0 Å². The van der Waals surface area contributed by atoms with Gasteiger partial charge < -0.3 is 9.38 Å². The van der Waals surface area contributed by atoms with Gasteiger partial charge in [-0.25, -0.2) is 0 Å². The molecule has 0 amide bonds. The highest BCUT2D eigenvalue weighted by Gasteiger charge is 2.06. The number of rotatable bonds is 4. The van der Waals surface area contributed by atoms with E-state index in [2.05, 4.69) is 35.2 Å². The van der Waals surface area contributed by atoms with Crippen molar-refractivity contribution in [2.24, 2.45) is 0 Å². The fourth-order valence-corrected chi connectivity index (χ4v) is 0.907. The summed E-state index contributed by atoms with van der Waals surface area (Å²) in [6.07, 6.45) is 1.33. The van der Waals surface area contributed by atoms with Crippen LogP contribution < -0.4 is 4.90 Å². The third kappa shape index (κ3) is 7.92. The Morgan fingerprint density at radius 1 is 1.10 bits per heavy atom. The zero-order valence-corrected chi connectivity index (χ0v) is 8.07. The molecule has 2 nitrogen and oxygen atoms in total. The Kier molecular flexibility index (Phi) is 3.91. The minimum atomic E-state index is 1.09. The summed E-state index contributed by atoms with van der Waals surface area (Å²) >= 11 is 0. The van der Waals surface area contributed by atoms with E-state index in [0.717, 1.165) is 4.48 Å². The molecule has 0 rings (SSSR count). The molecule has 0 heterocycles. The molecule has 0 aliphatic heterocycles. The second-order valence-corrected chi connectivity index (χ2v) is 4.32. The van der Waals surface area contributed by atoms with Crippen LogP contribution in [0.5, 0.6) is 0 Å². The Bertz CT molecular complexity index is 81.7. The van der Waals surface area contributed by atoms with Crippen molar-refractivity contribution in [3.63, 3.8) is 0 Å². The molecule has 62 valence electrons. The first-order valence-electron chi connectivity index (χ1n) is 4.01. The zero-order chi connectivity index (χ0) is 8.20. The van der Waals surface area contributed by atoms with E-state index in [1.807, 2.05) is 0 Å². The summed E-state index contributed by atoms with van der Waals surface area (Å²) in [6.45, 7) is 2.57. The standard InChI is InChI=1S/C8H21N2/c1-9(2)7-6-8-10(3,4)5/h6-8H2,1-5H3/q+1/p+1. The van der Waals surface area contributed by atoms with Gasteiger partial charge in [0, 0.05) is 6.42 Å². The second-order valence-electron chi connectivity index (χ2n) is 4.32. The van der Waals surface area contributed by atoms with Crippen molar-refractivity contribution in [2.75, 3.05) is 48.3 Å². The van der Waals surface area contributed by atoms with Crippen LogP contribution in [0.3, 0.4) is 0 Å². The van der Waals surface area contributed by atoms with Crippen LogP contribution in [0.25, 0.3) is 0 Å². The Labute approximate surface area is 65.0 Å². The molecule has 0 aromatic heterocycles. The van der Waals surface area contributed by atoms with E-state index in [-0.39, 0.29) is 0 Å². The van der Waals surface area contributed by atoms with Crippen LogP contribution in [0.2, 0.25) is 0 Å². The first kappa shape index (κ1) is 9.92. The van der Waals surface area contributed by atoms with Gasteiger partial charge in [-0.1, -0.05) is 0 Å². The topological polar surface area (TPSA) is 4.44 Å². The summed E-state index contributed by atoms with van der Waals surface area (Å²) in [5.74, 6) is 0. The lowest BCUT2D eigenvalue weighted by molar-refractivity contribution is -0.885. The van der Waals surface area contributed by atoms with Crippen LogP contribution in [0.4, 0.5) is 0 Å². The first-order chi connectivity index (χ1) is 4.42. The molecule has 2 heteroatoms. The van der Waals surface area contributed by atoms with Gasteiger partial charge in [0.15, 0.2) is 0 Å². The largest absolute Gasteiger partial charge is 0.340 e. The Hall–Kier alpha value is -0.0800. The number of quaternary nitrogens is 2. The third-order valence-electron chi connectivity index (χ3n) is 1.51. The summed E-state index contributed by atoms with van der Waals surface area (Å²) in [6, 6.07) is 0. The number of nitrogens with zero attached hydrogens (tertiary/aromatic N) is 1. The van der Waals surface area contributed by atoms with Gasteiger partial charge in [-0.2, -0.15) is 0 Å². The van der Waals surface area contributed by atoms with E-state index in [9.17, 15) is 0 Å². The molecule has 0 aliphatic carbocycles. The van der Waals surface area contributed by atoms with Crippen molar-refractivity contribution >= 4 is 0 Å². The van der Waals surface area contributed by atoms with Crippen LogP contribution in [0, 0.1) is 0 Å². The summed E-state index contributed by atoms with van der Waals surface area (Å²) in [4.78, 5) is 1.55. The lowest BCUT2D eigenvalue weighted by Gasteiger charge is -2.23. The molecular weight excluding hydrogens is 124 g/mol. The smallest absolute Gasteiger partial charge is 0.0834 e.